The predicted molar refractivity (Wildman–Crippen MR) is 164 cm³/mol. The molecule has 0 aliphatic rings. The van der Waals surface area contributed by atoms with Gasteiger partial charge in [0, 0.05) is 19.5 Å². The van der Waals surface area contributed by atoms with Gasteiger partial charge in [0.05, 0.1) is 17.7 Å². The van der Waals surface area contributed by atoms with Gasteiger partial charge in [-0.2, -0.15) is 0 Å². The van der Waals surface area contributed by atoms with Crippen molar-refractivity contribution in [1.29, 1.82) is 0 Å². The summed E-state index contributed by atoms with van der Waals surface area (Å²) in [4.78, 5) is 29.2. The van der Waals surface area contributed by atoms with E-state index >= 15 is 0 Å². The second kappa shape index (κ2) is 14.5. The molecule has 4 rings (SSSR count). The average molecular weight is 604 g/mol. The van der Waals surface area contributed by atoms with Crippen LogP contribution in [0.5, 0.6) is 5.75 Å². The van der Waals surface area contributed by atoms with Gasteiger partial charge in [0.25, 0.3) is 10.0 Å². The number of halogens is 1. The molecule has 43 heavy (non-hydrogen) atoms. The number of carbonyl (C=O) groups is 2. The molecule has 0 saturated carbocycles. The number of nitrogens with zero attached hydrogens (tertiary/aromatic N) is 2. The maximum absolute atomic E-state index is 14.3. The van der Waals surface area contributed by atoms with Gasteiger partial charge in [0.15, 0.2) is 0 Å². The first-order valence-corrected chi connectivity index (χ1v) is 15.2. The highest BCUT2D eigenvalue weighted by molar-refractivity contribution is 7.92. The summed E-state index contributed by atoms with van der Waals surface area (Å²) in [5.74, 6) is -1.20. The van der Waals surface area contributed by atoms with Crippen LogP contribution >= 0.6 is 0 Å². The summed E-state index contributed by atoms with van der Waals surface area (Å²) < 4.78 is 48.3. The fourth-order valence-corrected chi connectivity index (χ4v) is 6.15. The Bertz CT molecular complexity index is 1620. The smallest absolute Gasteiger partial charge is 0.264 e. The minimum Gasteiger partial charge on any atom is -0.495 e. The second-order valence-corrected chi connectivity index (χ2v) is 11.6. The van der Waals surface area contributed by atoms with Crippen LogP contribution in [0.15, 0.2) is 114 Å². The summed E-state index contributed by atoms with van der Waals surface area (Å²) in [6, 6.07) is 28.2. The minimum atomic E-state index is -4.25. The Balaban J connectivity index is 1.81. The molecule has 0 bridgehead atoms. The lowest BCUT2D eigenvalue weighted by atomic mass is 10.0. The van der Waals surface area contributed by atoms with Crippen LogP contribution in [-0.4, -0.2) is 51.4 Å². The molecule has 0 spiro atoms. The predicted octanol–water partition coefficient (Wildman–Crippen LogP) is 4.81. The summed E-state index contributed by atoms with van der Waals surface area (Å²) >= 11 is 0. The monoisotopic (exact) mass is 603 g/mol. The Labute approximate surface area is 251 Å². The molecule has 4 aromatic rings. The molecular weight excluding hydrogens is 569 g/mol. The van der Waals surface area contributed by atoms with Gasteiger partial charge in [-0.05, 0) is 54.4 Å². The summed E-state index contributed by atoms with van der Waals surface area (Å²) in [7, 11) is -2.84. The fraction of sp³-hybridized carbons (Fsp3) is 0.212. The van der Waals surface area contributed by atoms with Crippen molar-refractivity contribution >= 4 is 27.5 Å². The maximum Gasteiger partial charge on any atom is 0.264 e. The number of benzene rings is 4. The number of para-hydroxylation sites is 2. The average Bonchev–Trinajstić information content (AvgIpc) is 3.03. The molecule has 0 saturated heterocycles. The molecular formula is C33H34FN3O5S. The van der Waals surface area contributed by atoms with Crippen molar-refractivity contribution < 1.29 is 27.1 Å². The number of likely N-dealkylation sites (N-methyl/N-ethyl adjacent to an activating group) is 1. The molecule has 1 N–H and O–H groups in total. The number of sulfonamides is 1. The molecule has 2 amide bonds. The molecule has 10 heteroatoms. The lowest BCUT2D eigenvalue weighted by molar-refractivity contribution is -0.140. The molecule has 224 valence electrons. The first-order chi connectivity index (χ1) is 20.7. The lowest BCUT2D eigenvalue weighted by Crippen LogP contribution is -2.53. The van der Waals surface area contributed by atoms with Crippen LogP contribution in [0.1, 0.15) is 18.1 Å². The van der Waals surface area contributed by atoms with Crippen LogP contribution in [0.2, 0.25) is 0 Å². The number of anilines is 1. The van der Waals surface area contributed by atoms with Crippen LogP contribution in [0.3, 0.4) is 0 Å². The third kappa shape index (κ3) is 7.78. The van der Waals surface area contributed by atoms with E-state index in [4.69, 9.17) is 4.74 Å². The van der Waals surface area contributed by atoms with Gasteiger partial charge in [-0.15, -0.1) is 0 Å². The molecule has 8 nitrogen and oxygen atoms in total. The normalized spacial score (nSPS) is 11.8. The van der Waals surface area contributed by atoms with Crippen LogP contribution in [0.4, 0.5) is 10.1 Å². The summed E-state index contributed by atoms with van der Waals surface area (Å²) in [6.45, 7) is 1.43. The highest BCUT2D eigenvalue weighted by atomic mass is 32.2. The minimum absolute atomic E-state index is 0.0108. The second-order valence-electron chi connectivity index (χ2n) is 9.74. The van der Waals surface area contributed by atoms with Gasteiger partial charge in [-0.25, -0.2) is 12.8 Å². The standard InChI is InChI=1S/C33H34FN3O5S/c1-3-35-33(39)30(22-25-12-6-4-7-13-25)36(23-26-18-20-27(34)21-19-26)32(38)24-37(29-16-10-11-17-31(29)42-2)43(40,41)28-14-8-5-9-15-28/h4-21,30H,3,22-24H2,1-2H3,(H,35,39)/t30-/m0/s1. The van der Waals surface area contributed by atoms with Crippen molar-refractivity contribution in [2.45, 2.75) is 30.8 Å². The van der Waals surface area contributed by atoms with E-state index < -0.39 is 40.2 Å². The van der Waals surface area contributed by atoms with Crippen molar-refractivity contribution in [3.8, 4) is 5.75 Å². The molecule has 0 aromatic heterocycles. The van der Waals surface area contributed by atoms with Crippen LogP contribution in [-0.2, 0) is 32.6 Å². The first kappa shape index (κ1) is 31.2. The molecule has 0 radical (unpaired) electrons. The number of nitrogens with one attached hydrogen (secondary N) is 1. The number of ether oxygens (including phenoxy) is 1. The van der Waals surface area contributed by atoms with Crippen molar-refractivity contribution in [2.75, 3.05) is 24.5 Å². The number of rotatable bonds is 13. The summed E-state index contributed by atoms with van der Waals surface area (Å²) in [5.41, 5.74) is 1.56. The topological polar surface area (TPSA) is 96.0 Å². The van der Waals surface area contributed by atoms with Crippen molar-refractivity contribution in [3.05, 3.63) is 126 Å². The van der Waals surface area contributed by atoms with E-state index in [9.17, 15) is 22.4 Å². The molecule has 0 aliphatic heterocycles. The van der Waals surface area contributed by atoms with E-state index in [-0.39, 0.29) is 29.3 Å². The highest BCUT2D eigenvalue weighted by Crippen LogP contribution is 2.32. The van der Waals surface area contributed by atoms with E-state index in [0.717, 1.165) is 9.87 Å². The summed E-state index contributed by atoms with van der Waals surface area (Å²) in [6.07, 6.45) is 0.180. The van der Waals surface area contributed by atoms with Crippen LogP contribution < -0.4 is 14.4 Å². The Morgan fingerprint density at radius 1 is 0.837 bits per heavy atom. The molecule has 4 aromatic carbocycles. The van der Waals surface area contributed by atoms with Gasteiger partial charge in [0.1, 0.15) is 24.2 Å². The van der Waals surface area contributed by atoms with Gasteiger partial charge in [0.2, 0.25) is 11.8 Å². The molecule has 0 aliphatic carbocycles. The summed E-state index contributed by atoms with van der Waals surface area (Å²) in [5, 5.41) is 2.81. The number of methoxy groups -OCH3 is 1. The van der Waals surface area contributed by atoms with E-state index in [2.05, 4.69) is 5.32 Å². The number of hydrogen-bond donors (Lipinski definition) is 1. The lowest BCUT2D eigenvalue weighted by Gasteiger charge is -2.34. The van der Waals surface area contributed by atoms with Gasteiger partial charge < -0.3 is 15.0 Å². The van der Waals surface area contributed by atoms with Gasteiger partial charge >= 0.3 is 0 Å². The number of carbonyl (C=O) groups excluding carboxylic acids is 2. The number of hydrogen-bond acceptors (Lipinski definition) is 5. The van der Waals surface area contributed by atoms with Crippen LogP contribution in [0.25, 0.3) is 0 Å². The highest BCUT2D eigenvalue weighted by Gasteiger charge is 2.35. The van der Waals surface area contributed by atoms with Gasteiger partial charge in [-0.1, -0.05) is 72.8 Å². The third-order valence-corrected chi connectivity index (χ3v) is 8.63. The van der Waals surface area contributed by atoms with E-state index in [1.807, 2.05) is 30.3 Å². The zero-order chi connectivity index (χ0) is 30.8. The Kier molecular flexibility index (Phi) is 10.5. The third-order valence-electron chi connectivity index (χ3n) is 6.85. The van der Waals surface area contributed by atoms with Crippen molar-refractivity contribution in [2.24, 2.45) is 0 Å². The Hall–Kier alpha value is -4.70. The Morgan fingerprint density at radius 3 is 2.07 bits per heavy atom. The van der Waals surface area contributed by atoms with Crippen molar-refractivity contribution in [3.63, 3.8) is 0 Å². The zero-order valence-electron chi connectivity index (χ0n) is 24.0. The SMILES string of the molecule is CCNC(=O)[C@H](Cc1ccccc1)N(Cc1ccc(F)cc1)C(=O)CN(c1ccccc1OC)S(=O)(=O)c1ccccc1. The molecule has 0 heterocycles. The van der Waals surface area contributed by atoms with E-state index in [1.165, 1.54) is 48.4 Å². The fourth-order valence-electron chi connectivity index (χ4n) is 4.70. The zero-order valence-corrected chi connectivity index (χ0v) is 24.8. The largest absolute Gasteiger partial charge is 0.495 e. The quantitative estimate of drug-likeness (QED) is 0.237. The Morgan fingerprint density at radius 2 is 1.44 bits per heavy atom. The molecule has 1 atom stereocenters. The van der Waals surface area contributed by atoms with Crippen LogP contribution in [0, 0.1) is 5.82 Å². The first-order valence-electron chi connectivity index (χ1n) is 13.8. The molecule has 0 fully saturated rings. The maximum atomic E-state index is 14.3. The molecule has 0 unspecified atom stereocenters. The van der Waals surface area contributed by atoms with E-state index in [1.54, 1.807) is 49.4 Å². The van der Waals surface area contributed by atoms with Crippen molar-refractivity contribution in [1.82, 2.24) is 10.2 Å². The number of amides is 2. The van der Waals surface area contributed by atoms with Gasteiger partial charge in [-0.3, -0.25) is 13.9 Å². The van der Waals surface area contributed by atoms with E-state index in [0.29, 0.717) is 12.1 Å².